The maximum absolute atomic E-state index is 12.1. The molecule has 0 radical (unpaired) electrons. The number of rotatable bonds is 6. The van der Waals surface area contributed by atoms with Gasteiger partial charge >= 0.3 is 5.97 Å². The second-order valence-corrected chi connectivity index (χ2v) is 7.80. The zero-order valence-corrected chi connectivity index (χ0v) is 16.0. The Kier molecular flexibility index (Phi) is 6.12. The minimum absolute atomic E-state index is 0.101. The summed E-state index contributed by atoms with van der Waals surface area (Å²) in [6.07, 6.45) is 7.16. The first kappa shape index (κ1) is 19.1. The van der Waals surface area contributed by atoms with Crippen LogP contribution in [0.2, 0.25) is 0 Å². The molecule has 0 aliphatic carbocycles. The molecule has 1 N–H and O–H groups in total. The SMILES string of the molecule is CCCc1nc(C)cc(N2CCC(C[C@H]3CCCCO3)(C(=O)O)CC2)n1. The van der Waals surface area contributed by atoms with E-state index in [1.165, 1.54) is 0 Å². The molecular formula is C20H31N3O3. The molecule has 2 saturated heterocycles. The van der Waals surface area contributed by atoms with E-state index in [9.17, 15) is 9.90 Å². The number of nitrogens with zero attached hydrogens (tertiary/aromatic N) is 3. The van der Waals surface area contributed by atoms with E-state index in [-0.39, 0.29) is 6.10 Å². The number of ether oxygens (including phenoxy) is 1. The fraction of sp³-hybridized carbons (Fsp3) is 0.750. The molecule has 144 valence electrons. The van der Waals surface area contributed by atoms with Crippen molar-refractivity contribution in [2.24, 2.45) is 5.41 Å². The third kappa shape index (κ3) is 4.34. The van der Waals surface area contributed by atoms with Crippen molar-refractivity contribution < 1.29 is 14.6 Å². The van der Waals surface area contributed by atoms with Gasteiger partial charge in [-0.25, -0.2) is 9.97 Å². The van der Waals surface area contributed by atoms with E-state index in [1.807, 2.05) is 13.0 Å². The third-order valence-corrected chi connectivity index (χ3v) is 5.75. The van der Waals surface area contributed by atoms with Crippen molar-refractivity contribution in [3.63, 3.8) is 0 Å². The minimum Gasteiger partial charge on any atom is -0.481 e. The van der Waals surface area contributed by atoms with Crippen LogP contribution < -0.4 is 4.90 Å². The normalized spacial score (nSPS) is 23.0. The van der Waals surface area contributed by atoms with E-state index >= 15 is 0 Å². The lowest BCUT2D eigenvalue weighted by molar-refractivity contribution is -0.154. The molecule has 26 heavy (non-hydrogen) atoms. The highest BCUT2D eigenvalue weighted by Crippen LogP contribution is 2.39. The van der Waals surface area contributed by atoms with Gasteiger partial charge in [0.2, 0.25) is 0 Å². The summed E-state index contributed by atoms with van der Waals surface area (Å²) in [5, 5.41) is 9.93. The fourth-order valence-electron chi connectivity index (χ4n) is 4.18. The number of carboxylic acids is 1. The van der Waals surface area contributed by atoms with Gasteiger partial charge in [-0.15, -0.1) is 0 Å². The predicted molar refractivity (Wildman–Crippen MR) is 100 cm³/mol. The van der Waals surface area contributed by atoms with E-state index in [0.717, 1.165) is 69.1 Å². The monoisotopic (exact) mass is 361 g/mol. The highest BCUT2D eigenvalue weighted by atomic mass is 16.5. The van der Waals surface area contributed by atoms with Gasteiger partial charge in [0.05, 0.1) is 11.5 Å². The Morgan fingerprint density at radius 1 is 1.35 bits per heavy atom. The Balaban J connectivity index is 1.68. The summed E-state index contributed by atoms with van der Waals surface area (Å²) in [6, 6.07) is 2.01. The van der Waals surface area contributed by atoms with Crippen LogP contribution in [0.25, 0.3) is 0 Å². The Morgan fingerprint density at radius 3 is 2.73 bits per heavy atom. The van der Waals surface area contributed by atoms with Crippen LogP contribution in [0.3, 0.4) is 0 Å². The fourth-order valence-corrected chi connectivity index (χ4v) is 4.18. The van der Waals surface area contributed by atoms with Crippen molar-refractivity contribution >= 4 is 11.8 Å². The van der Waals surface area contributed by atoms with E-state index in [4.69, 9.17) is 9.72 Å². The largest absolute Gasteiger partial charge is 0.481 e. The molecule has 0 unspecified atom stereocenters. The number of piperidine rings is 1. The summed E-state index contributed by atoms with van der Waals surface area (Å²) < 4.78 is 5.83. The van der Waals surface area contributed by atoms with Crippen molar-refractivity contribution in [3.05, 3.63) is 17.6 Å². The molecule has 3 heterocycles. The van der Waals surface area contributed by atoms with Crippen LogP contribution in [-0.2, 0) is 16.0 Å². The van der Waals surface area contributed by atoms with Gasteiger partial charge in [0.1, 0.15) is 11.6 Å². The number of hydrogen-bond donors (Lipinski definition) is 1. The summed E-state index contributed by atoms with van der Waals surface area (Å²) in [6.45, 7) is 6.34. The summed E-state index contributed by atoms with van der Waals surface area (Å²) in [5.74, 6) is 1.15. The summed E-state index contributed by atoms with van der Waals surface area (Å²) in [5.41, 5.74) is 0.316. The number of carboxylic acid groups (broad SMARTS) is 1. The van der Waals surface area contributed by atoms with Crippen molar-refractivity contribution in [2.75, 3.05) is 24.6 Å². The van der Waals surface area contributed by atoms with Crippen LogP contribution in [0.1, 0.15) is 63.4 Å². The average molecular weight is 361 g/mol. The third-order valence-electron chi connectivity index (χ3n) is 5.75. The average Bonchev–Trinajstić information content (AvgIpc) is 2.63. The van der Waals surface area contributed by atoms with Gasteiger partial charge in [0.25, 0.3) is 0 Å². The molecular weight excluding hydrogens is 330 g/mol. The lowest BCUT2D eigenvalue weighted by Crippen LogP contribution is -2.47. The molecule has 6 nitrogen and oxygen atoms in total. The molecule has 2 aliphatic rings. The minimum atomic E-state index is -0.670. The Labute approximate surface area is 156 Å². The van der Waals surface area contributed by atoms with Crippen molar-refractivity contribution in [1.82, 2.24) is 9.97 Å². The molecule has 6 heteroatoms. The smallest absolute Gasteiger partial charge is 0.309 e. The number of carbonyl (C=O) groups is 1. The quantitative estimate of drug-likeness (QED) is 0.837. The van der Waals surface area contributed by atoms with Crippen LogP contribution >= 0.6 is 0 Å². The highest BCUT2D eigenvalue weighted by molar-refractivity contribution is 5.75. The molecule has 1 aromatic heterocycles. The second-order valence-electron chi connectivity index (χ2n) is 7.80. The predicted octanol–water partition coefficient (Wildman–Crippen LogP) is 3.37. The summed E-state index contributed by atoms with van der Waals surface area (Å²) in [4.78, 5) is 23.5. The van der Waals surface area contributed by atoms with Gasteiger partial charge in [-0.05, 0) is 51.9 Å². The number of aromatic nitrogens is 2. The summed E-state index contributed by atoms with van der Waals surface area (Å²) >= 11 is 0. The lowest BCUT2D eigenvalue weighted by atomic mass is 9.73. The Hall–Kier alpha value is -1.69. The van der Waals surface area contributed by atoms with Crippen LogP contribution in [0.5, 0.6) is 0 Å². The molecule has 3 rings (SSSR count). The number of hydrogen-bond acceptors (Lipinski definition) is 5. The van der Waals surface area contributed by atoms with Gasteiger partial charge in [0.15, 0.2) is 0 Å². The van der Waals surface area contributed by atoms with Crippen molar-refractivity contribution in [2.45, 2.75) is 71.3 Å². The molecule has 0 saturated carbocycles. The molecule has 0 spiro atoms. The van der Waals surface area contributed by atoms with Crippen molar-refractivity contribution in [3.8, 4) is 0 Å². The first-order chi connectivity index (χ1) is 12.5. The Bertz CT molecular complexity index is 621. The molecule has 0 amide bonds. The highest BCUT2D eigenvalue weighted by Gasteiger charge is 2.43. The molecule has 0 bridgehead atoms. The molecule has 0 aromatic carbocycles. The van der Waals surface area contributed by atoms with Gasteiger partial charge in [0, 0.05) is 37.9 Å². The first-order valence-corrected chi connectivity index (χ1v) is 9.97. The topological polar surface area (TPSA) is 75.6 Å². The van der Waals surface area contributed by atoms with E-state index in [1.54, 1.807) is 0 Å². The maximum Gasteiger partial charge on any atom is 0.309 e. The number of anilines is 1. The molecule has 1 atom stereocenters. The van der Waals surface area contributed by atoms with E-state index in [2.05, 4.69) is 16.8 Å². The number of aryl methyl sites for hydroxylation is 2. The standard InChI is InChI=1S/C20H31N3O3/c1-3-6-17-21-15(2)13-18(22-17)23-10-8-20(9-11-23,19(24)25)14-16-7-4-5-12-26-16/h13,16H,3-12,14H2,1-2H3,(H,24,25)/t16-/m1/s1. The van der Waals surface area contributed by atoms with Crippen LogP contribution in [-0.4, -0.2) is 46.8 Å². The zero-order valence-electron chi connectivity index (χ0n) is 16.0. The first-order valence-electron chi connectivity index (χ1n) is 9.97. The van der Waals surface area contributed by atoms with Gasteiger partial charge in [-0.2, -0.15) is 0 Å². The summed E-state index contributed by atoms with van der Waals surface area (Å²) in [7, 11) is 0. The van der Waals surface area contributed by atoms with Gasteiger partial charge in [-0.3, -0.25) is 4.79 Å². The molecule has 2 fully saturated rings. The van der Waals surface area contributed by atoms with Crippen LogP contribution in [0, 0.1) is 12.3 Å². The van der Waals surface area contributed by atoms with Gasteiger partial charge < -0.3 is 14.7 Å². The molecule has 1 aromatic rings. The van der Waals surface area contributed by atoms with Crippen LogP contribution in [0.4, 0.5) is 5.82 Å². The van der Waals surface area contributed by atoms with Gasteiger partial charge in [-0.1, -0.05) is 6.92 Å². The lowest BCUT2D eigenvalue weighted by Gasteiger charge is -2.41. The van der Waals surface area contributed by atoms with Crippen LogP contribution in [0.15, 0.2) is 6.07 Å². The maximum atomic E-state index is 12.1. The second kappa shape index (κ2) is 8.33. The van der Waals surface area contributed by atoms with E-state index in [0.29, 0.717) is 19.3 Å². The molecule has 2 aliphatic heterocycles. The van der Waals surface area contributed by atoms with Crippen molar-refractivity contribution in [1.29, 1.82) is 0 Å². The number of aliphatic carboxylic acids is 1. The Morgan fingerprint density at radius 2 is 2.12 bits per heavy atom. The zero-order chi connectivity index (χ0) is 18.6. The van der Waals surface area contributed by atoms with E-state index < -0.39 is 11.4 Å².